The summed E-state index contributed by atoms with van der Waals surface area (Å²) in [7, 11) is -3.70. The molecular weight excluding hydrogens is 586 g/mol. The maximum atomic E-state index is 12.6. The normalized spacial score (nSPS) is 13.8. The third-order valence-electron chi connectivity index (χ3n) is 5.25. The fraction of sp³-hybridized carbons (Fsp3) is 0.192. The number of benzene rings is 2. The number of hydrogen-bond acceptors (Lipinski definition) is 11. The van der Waals surface area contributed by atoms with Gasteiger partial charge in [-0.3, -0.25) is 28.0 Å². The van der Waals surface area contributed by atoms with Crippen LogP contribution in [0.25, 0.3) is 22.3 Å². The van der Waals surface area contributed by atoms with Gasteiger partial charge in [-0.25, -0.2) is 4.57 Å². The van der Waals surface area contributed by atoms with E-state index in [1.165, 1.54) is 36.4 Å². The first-order valence-corrected chi connectivity index (χ1v) is 13.6. The highest BCUT2D eigenvalue weighted by Crippen LogP contribution is 2.50. The van der Waals surface area contributed by atoms with Crippen LogP contribution in [-0.4, -0.2) is 29.9 Å². The van der Waals surface area contributed by atoms with E-state index in [1.54, 1.807) is 26.0 Å². The van der Waals surface area contributed by atoms with Gasteiger partial charge in [-0.15, -0.1) is 0 Å². The lowest BCUT2D eigenvalue weighted by Gasteiger charge is -2.19. The number of rotatable bonds is 7. The van der Waals surface area contributed by atoms with Crippen molar-refractivity contribution in [3.8, 4) is 29.2 Å². The minimum absolute atomic E-state index is 0.0278. The summed E-state index contributed by atoms with van der Waals surface area (Å²) in [5.74, 6) is -1.41. The third-order valence-corrected chi connectivity index (χ3v) is 7.66. The number of allylic oxidation sites excluding steroid dienone is 4. The summed E-state index contributed by atoms with van der Waals surface area (Å²) in [6.45, 7) is 3.66. The molecular formula is C26H19Cl2N2O9P. The molecule has 40 heavy (non-hydrogen) atoms. The van der Waals surface area contributed by atoms with Crippen LogP contribution in [0, 0.1) is 22.7 Å². The summed E-state index contributed by atoms with van der Waals surface area (Å²) in [4.78, 5) is 34.1. The van der Waals surface area contributed by atoms with Gasteiger partial charge < -0.3 is 9.52 Å². The fourth-order valence-corrected chi connectivity index (χ4v) is 5.04. The molecule has 14 heteroatoms. The summed E-state index contributed by atoms with van der Waals surface area (Å²) in [6, 6.07) is 11.9. The second-order valence-electron chi connectivity index (χ2n) is 7.74. The average Bonchev–Trinajstić information content (AvgIpc) is 2.92. The van der Waals surface area contributed by atoms with Crippen molar-refractivity contribution in [2.45, 2.75) is 20.5 Å². The Balaban J connectivity index is 0.000000267. The minimum atomic E-state index is -3.70. The Kier molecular flexibility index (Phi) is 10.0. The van der Waals surface area contributed by atoms with E-state index in [0.717, 1.165) is 0 Å². The zero-order valence-corrected chi connectivity index (χ0v) is 23.3. The Morgan fingerprint density at radius 3 is 2.00 bits per heavy atom. The van der Waals surface area contributed by atoms with E-state index in [0.29, 0.717) is 27.9 Å². The summed E-state index contributed by atoms with van der Waals surface area (Å²) < 4.78 is 34.1. The van der Waals surface area contributed by atoms with Gasteiger partial charge in [-0.05, 0) is 38.1 Å². The molecule has 0 amide bonds. The van der Waals surface area contributed by atoms with E-state index in [4.69, 9.17) is 51.7 Å². The Labute approximate surface area is 237 Å². The number of phenolic OH excluding ortho intramolecular Hbond substituents is 1. The van der Waals surface area contributed by atoms with Crippen molar-refractivity contribution >= 4 is 53.6 Å². The highest BCUT2D eigenvalue weighted by Gasteiger charge is 2.33. The van der Waals surface area contributed by atoms with E-state index in [2.05, 4.69) is 0 Å². The molecule has 4 rings (SSSR count). The summed E-state index contributed by atoms with van der Waals surface area (Å²) in [5.41, 5.74) is 0.341. The molecule has 1 aliphatic heterocycles. The zero-order chi connectivity index (χ0) is 29.6. The lowest BCUT2D eigenvalue weighted by Crippen LogP contribution is -2.18. The van der Waals surface area contributed by atoms with E-state index in [9.17, 15) is 24.1 Å². The maximum Gasteiger partial charge on any atom is 0.475 e. The quantitative estimate of drug-likeness (QED) is 0.205. The van der Waals surface area contributed by atoms with Gasteiger partial charge in [0.25, 0.3) is 0 Å². The third kappa shape index (κ3) is 6.49. The van der Waals surface area contributed by atoms with Crippen LogP contribution in [-0.2, 0) is 34.3 Å². The molecule has 0 radical (unpaired) electrons. The molecule has 0 unspecified atom stereocenters. The van der Waals surface area contributed by atoms with E-state index in [-0.39, 0.29) is 31.0 Å². The van der Waals surface area contributed by atoms with Gasteiger partial charge in [-0.2, -0.15) is 10.5 Å². The summed E-state index contributed by atoms with van der Waals surface area (Å²) in [5, 5.41) is 26.4. The number of phosphoric acid groups is 1. The molecule has 1 N–H and O–H groups in total. The summed E-state index contributed by atoms with van der Waals surface area (Å²) in [6.07, 6.45) is 0. The van der Waals surface area contributed by atoms with Crippen molar-refractivity contribution in [3.05, 3.63) is 73.4 Å². The lowest BCUT2D eigenvalue weighted by molar-refractivity contribution is -0.115. The number of ketones is 2. The van der Waals surface area contributed by atoms with Crippen LogP contribution in [0.2, 0.25) is 0 Å². The molecule has 0 saturated heterocycles. The van der Waals surface area contributed by atoms with Gasteiger partial charge in [0.15, 0.2) is 5.43 Å². The van der Waals surface area contributed by atoms with Gasteiger partial charge in [0.2, 0.25) is 11.6 Å². The predicted octanol–water partition coefficient (Wildman–Crippen LogP) is 5.47. The van der Waals surface area contributed by atoms with E-state index < -0.39 is 40.6 Å². The molecule has 0 saturated carbocycles. The summed E-state index contributed by atoms with van der Waals surface area (Å²) >= 11 is 10.8. The molecule has 1 aromatic carbocycles. The number of phenols is 1. The SMILES string of the molecule is CCOP(=O)(OCC)OCc1c2ccc(=O)cc-2oc2cc(O)ccc12.N#CC1=C(C#N)C(=O)C(Cl)=C(Cl)C1=O. The van der Waals surface area contributed by atoms with Gasteiger partial charge >= 0.3 is 7.82 Å². The predicted molar refractivity (Wildman–Crippen MR) is 143 cm³/mol. The van der Waals surface area contributed by atoms with Crippen molar-refractivity contribution in [1.82, 2.24) is 0 Å². The van der Waals surface area contributed by atoms with Crippen LogP contribution >= 0.6 is 31.0 Å². The number of carbonyl (C=O) groups excluding carboxylic acids is 2. The Hall–Kier alpha value is -3.80. The van der Waals surface area contributed by atoms with Crippen molar-refractivity contribution in [1.29, 1.82) is 10.5 Å². The molecule has 2 aliphatic carbocycles. The zero-order valence-electron chi connectivity index (χ0n) is 20.9. The average molecular weight is 605 g/mol. The molecule has 0 spiro atoms. The highest BCUT2D eigenvalue weighted by molar-refractivity contribution is 7.48. The van der Waals surface area contributed by atoms with Crippen LogP contribution in [0.3, 0.4) is 0 Å². The number of fused-ring (bicyclic) bond motifs is 2. The number of hydrogen-bond donors (Lipinski definition) is 1. The minimum Gasteiger partial charge on any atom is -0.508 e. The molecule has 3 aliphatic rings. The van der Waals surface area contributed by atoms with Crippen LogP contribution in [0.15, 0.2) is 66.8 Å². The van der Waals surface area contributed by atoms with Gasteiger partial charge in [-0.1, -0.05) is 23.2 Å². The Bertz CT molecular complexity index is 1680. The highest BCUT2D eigenvalue weighted by atomic mass is 35.5. The van der Waals surface area contributed by atoms with Crippen molar-refractivity contribution in [2.75, 3.05) is 13.2 Å². The maximum absolute atomic E-state index is 12.6. The number of carbonyl (C=O) groups is 2. The van der Waals surface area contributed by atoms with Gasteiger partial charge in [0.1, 0.15) is 50.4 Å². The van der Waals surface area contributed by atoms with Gasteiger partial charge in [0.05, 0.1) is 19.8 Å². The second-order valence-corrected chi connectivity index (χ2v) is 10.2. The van der Waals surface area contributed by atoms with Gasteiger partial charge in [0, 0.05) is 28.6 Å². The topological polar surface area (TPSA) is 177 Å². The van der Waals surface area contributed by atoms with E-state index in [1.807, 2.05) is 0 Å². The number of phosphoric ester groups is 1. The van der Waals surface area contributed by atoms with Crippen molar-refractivity contribution in [3.63, 3.8) is 0 Å². The Morgan fingerprint density at radius 2 is 1.48 bits per heavy atom. The molecule has 0 bridgehead atoms. The number of aromatic hydroxyl groups is 1. The van der Waals surface area contributed by atoms with Crippen LogP contribution in [0.5, 0.6) is 5.75 Å². The first-order chi connectivity index (χ1) is 19.0. The monoisotopic (exact) mass is 604 g/mol. The number of halogens is 2. The number of Topliss-reactive ketones (excluding diaryl/α,β-unsaturated/α-hetero) is 2. The first-order valence-electron chi connectivity index (χ1n) is 11.4. The largest absolute Gasteiger partial charge is 0.508 e. The number of nitrogens with zero attached hydrogens (tertiary/aromatic N) is 2. The van der Waals surface area contributed by atoms with Crippen molar-refractivity contribution < 1.29 is 37.2 Å². The molecule has 0 fully saturated rings. The molecule has 206 valence electrons. The number of nitriles is 2. The van der Waals surface area contributed by atoms with Crippen LogP contribution in [0.1, 0.15) is 19.4 Å². The molecule has 1 heterocycles. The first kappa shape index (κ1) is 30.7. The molecule has 1 aromatic rings. The van der Waals surface area contributed by atoms with Crippen molar-refractivity contribution in [2.24, 2.45) is 0 Å². The molecule has 0 atom stereocenters. The molecule has 0 aromatic heterocycles. The van der Waals surface area contributed by atoms with Crippen LogP contribution < -0.4 is 5.43 Å². The van der Waals surface area contributed by atoms with Crippen LogP contribution in [0.4, 0.5) is 0 Å². The lowest BCUT2D eigenvalue weighted by atomic mass is 9.96. The van der Waals surface area contributed by atoms with E-state index >= 15 is 0 Å². The Morgan fingerprint density at radius 1 is 0.900 bits per heavy atom. The standard InChI is InChI=1S/C18H19O7P.C8Cl2N2O2/c1-3-22-26(21,23-4-2)24-11-16-14-7-5-12(19)9-17(14)25-18-10-13(20)6-8-15(16)18;9-5-6(10)8(14)4(2-12)3(1-11)7(5)13/h5-10,19H,3-4,11H2,1-2H3;. The molecule has 11 nitrogen and oxygen atoms in total. The second kappa shape index (κ2) is 13.0. The smallest absolute Gasteiger partial charge is 0.475 e. The fourth-order valence-electron chi connectivity index (χ4n) is 3.53.